The third-order valence-corrected chi connectivity index (χ3v) is 5.97. The van der Waals surface area contributed by atoms with Crippen molar-refractivity contribution in [2.24, 2.45) is 17.1 Å². The molecule has 0 saturated heterocycles. The van der Waals surface area contributed by atoms with E-state index in [0.717, 1.165) is 25.7 Å². The molecule has 4 heteroatoms. The molecule has 2 fully saturated rings. The SMILES string of the molecule is CC(NC(=O)C1(C(N)=S)CCCCCC1)C1CCCCC1. The van der Waals surface area contributed by atoms with Crippen molar-refractivity contribution in [1.82, 2.24) is 5.32 Å². The van der Waals surface area contributed by atoms with Gasteiger partial charge < -0.3 is 11.1 Å². The lowest BCUT2D eigenvalue weighted by Crippen LogP contribution is -2.52. The average molecular weight is 311 g/mol. The fraction of sp³-hybridized carbons (Fsp3) is 0.882. The summed E-state index contributed by atoms with van der Waals surface area (Å²) in [5.74, 6) is 0.715. The van der Waals surface area contributed by atoms with Crippen LogP contribution in [0.1, 0.15) is 77.6 Å². The predicted molar refractivity (Wildman–Crippen MR) is 91.1 cm³/mol. The minimum atomic E-state index is -0.589. The number of nitrogens with one attached hydrogen (secondary N) is 1. The number of rotatable bonds is 4. The van der Waals surface area contributed by atoms with E-state index in [1.165, 1.54) is 44.9 Å². The molecule has 21 heavy (non-hydrogen) atoms. The Bertz CT molecular complexity index is 369. The fourth-order valence-corrected chi connectivity index (χ4v) is 4.31. The molecular weight excluding hydrogens is 280 g/mol. The van der Waals surface area contributed by atoms with Gasteiger partial charge >= 0.3 is 0 Å². The van der Waals surface area contributed by atoms with E-state index < -0.39 is 5.41 Å². The van der Waals surface area contributed by atoms with Crippen molar-refractivity contribution < 1.29 is 4.79 Å². The highest BCUT2D eigenvalue weighted by Gasteiger charge is 2.42. The summed E-state index contributed by atoms with van der Waals surface area (Å²) in [4.78, 5) is 13.3. The van der Waals surface area contributed by atoms with Crippen molar-refractivity contribution in [2.75, 3.05) is 0 Å². The topological polar surface area (TPSA) is 55.1 Å². The zero-order valence-corrected chi connectivity index (χ0v) is 14.1. The summed E-state index contributed by atoms with van der Waals surface area (Å²) >= 11 is 5.29. The lowest BCUT2D eigenvalue weighted by molar-refractivity contribution is -0.129. The molecule has 2 saturated carbocycles. The molecule has 0 aliphatic heterocycles. The van der Waals surface area contributed by atoms with Crippen molar-refractivity contribution in [3.8, 4) is 0 Å². The first-order chi connectivity index (χ1) is 10.1. The molecule has 2 aliphatic carbocycles. The maximum Gasteiger partial charge on any atom is 0.233 e. The van der Waals surface area contributed by atoms with Gasteiger partial charge in [-0.1, -0.05) is 57.2 Å². The molecule has 2 aliphatic rings. The molecule has 1 amide bonds. The third-order valence-electron chi connectivity index (χ3n) is 5.58. The van der Waals surface area contributed by atoms with Crippen molar-refractivity contribution in [3.05, 3.63) is 0 Å². The molecule has 3 N–H and O–H groups in total. The Hall–Kier alpha value is -0.640. The highest BCUT2D eigenvalue weighted by Crippen LogP contribution is 2.36. The molecule has 3 nitrogen and oxygen atoms in total. The second kappa shape index (κ2) is 7.57. The molecule has 0 aromatic rings. The lowest BCUT2D eigenvalue weighted by Gasteiger charge is -2.34. The number of hydrogen-bond donors (Lipinski definition) is 2. The van der Waals surface area contributed by atoms with Gasteiger partial charge in [0.25, 0.3) is 0 Å². The summed E-state index contributed by atoms with van der Waals surface area (Å²) < 4.78 is 0. The van der Waals surface area contributed by atoms with Crippen molar-refractivity contribution in [3.63, 3.8) is 0 Å². The van der Waals surface area contributed by atoms with Crippen LogP contribution in [0, 0.1) is 11.3 Å². The maximum absolute atomic E-state index is 12.9. The van der Waals surface area contributed by atoms with E-state index in [9.17, 15) is 4.79 Å². The number of carbonyl (C=O) groups is 1. The Balaban J connectivity index is 2.02. The van der Waals surface area contributed by atoms with Gasteiger partial charge in [0.15, 0.2) is 0 Å². The fourth-order valence-electron chi connectivity index (χ4n) is 4.01. The first-order valence-electron chi connectivity index (χ1n) is 8.67. The largest absolute Gasteiger partial charge is 0.392 e. The van der Waals surface area contributed by atoms with E-state index >= 15 is 0 Å². The third kappa shape index (κ3) is 3.97. The molecule has 0 spiro atoms. The van der Waals surface area contributed by atoms with Crippen molar-refractivity contribution in [1.29, 1.82) is 0 Å². The highest BCUT2D eigenvalue weighted by molar-refractivity contribution is 7.80. The summed E-state index contributed by atoms with van der Waals surface area (Å²) in [6.45, 7) is 2.15. The van der Waals surface area contributed by atoms with E-state index in [0.29, 0.717) is 10.9 Å². The maximum atomic E-state index is 12.9. The lowest BCUT2D eigenvalue weighted by atomic mass is 9.78. The summed E-state index contributed by atoms with van der Waals surface area (Å²) in [5.41, 5.74) is 5.41. The first kappa shape index (κ1) is 16.7. The van der Waals surface area contributed by atoms with Crippen LogP contribution in [0.2, 0.25) is 0 Å². The van der Waals surface area contributed by atoms with Gasteiger partial charge in [-0.25, -0.2) is 0 Å². The highest BCUT2D eigenvalue weighted by atomic mass is 32.1. The number of amides is 1. The zero-order chi connectivity index (χ0) is 15.3. The average Bonchev–Trinajstić information content (AvgIpc) is 2.75. The minimum absolute atomic E-state index is 0.0926. The molecule has 0 heterocycles. The van der Waals surface area contributed by atoms with Crippen LogP contribution < -0.4 is 11.1 Å². The van der Waals surface area contributed by atoms with Gasteiger partial charge in [-0.15, -0.1) is 0 Å². The summed E-state index contributed by atoms with van der Waals surface area (Å²) in [7, 11) is 0. The Morgan fingerprint density at radius 2 is 1.62 bits per heavy atom. The molecule has 0 radical (unpaired) electrons. The van der Waals surface area contributed by atoms with Gasteiger partial charge in [0.1, 0.15) is 0 Å². The Morgan fingerprint density at radius 3 is 2.14 bits per heavy atom. The smallest absolute Gasteiger partial charge is 0.233 e. The molecule has 1 atom stereocenters. The van der Waals surface area contributed by atoms with E-state index in [4.69, 9.17) is 18.0 Å². The van der Waals surface area contributed by atoms with Crippen LogP contribution in [0.4, 0.5) is 0 Å². The molecule has 1 unspecified atom stereocenters. The molecule has 0 aromatic heterocycles. The molecule has 2 rings (SSSR count). The second-order valence-corrected chi connectivity index (χ2v) is 7.46. The Labute approximate surface area is 134 Å². The first-order valence-corrected chi connectivity index (χ1v) is 9.08. The standard InChI is InChI=1S/C17H30N2OS/c1-13(14-9-5-4-6-10-14)19-16(20)17(15(18)21)11-7-2-3-8-12-17/h13-14H,2-12H2,1H3,(H2,18,21)(H,19,20). The Kier molecular flexibility index (Phi) is 6.03. The molecule has 120 valence electrons. The molecular formula is C17H30N2OS. The predicted octanol–water partition coefficient (Wildman–Crippen LogP) is 3.70. The Morgan fingerprint density at radius 1 is 1.10 bits per heavy atom. The van der Waals surface area contributed by atoms with Crippen molar-refractivity contribution in [2.45, 2.75) is 83.6 Å². The van der Waals surface area contributed by atoms with E-state index in [1.54, 1.807) is 0 Å². The number of hydrogen-bond acceptors (Lipinski definition) is 2. The summed E-state index contributed by atoms with van der Waals surface area (Å²) in [6, 6.07) is 0.243. The monoisotopic (exact) mass is 310 g/mol. The van der Waals surface area contributed by atoms with E-state index in [2.05, 4.69) is 12.2 Å². The minimum Gasteiger partial charge on any atom is -0.392 e. The van der Waals surface area contributed by atoms with Gasteiger partial charge in [0, 0.05) is 6.04 Å². The van der Waals surface area contributed by atoms with Gasteiger partial charge in [0.2, 0.25) is 5.91 Å². The summed E-state index contributed by atoms with van der Waals surface area (Å²) in [6.07, 6.45) is 12.6. The van der Waals surface area contributed by atoms with E-state index in [-0.39, 0.29) is 11.9 Å². The molecule has 0 bridgehead atoms. The van der Waals surface area contributed by atoms with Gasteiger partial charge in [-0.05, 0) is 38.5 Å². The quantitative estimate of drug-likeness (QED) is 0.615. The van der Waals surface area contributed by atoms with Crippen LogP contribution in [0.15, 0.2) is 0 Å². The molecule has 0 aromatic carbocycles. The van der Waals surface area contributed by atoms with Crippen LogP contribution >= 0.6 is 12.2 Å². The normalized spacial score (nSPS) is 24.8. The zero-order valence-electron chi connectivity index (χ0n) is 13.3. The summed E-state index contributed by atoms with van der Waals surface area (Å²) in [5, 5.41) is 3.26. The van der Waals surface area contributed by atoms with Gasteiger partial charge in [0.05, 0.1) is 10.4 Å². The second-order valence-electron chi connectivity index (χ2n) is 7.02. The van der Waals surface area contributed by atoms with Crippen LogP contribution in [-0.2, 0) is 4.79 Å². The van der Waals surface area contributed by atoms with Crippen molar-refractivity contribution >= 4 is 23.1 Å². The van der Waals surface area contributed by atoms with Crippen LogP contribution in [0.25, 0.3) is 0 Å². The van der Waals surface area contributed by atoms with Crippen LogP contribution in [-0.4, -0.2) is 16.9 Å². The number of carbonyl (C=O) groups excluding carboxylic acids is 1. The van der Waals surface area contributed by atoms with Gasteiger partial charge in [-0.2, -0.15) is 0 Å². The number of nitrogens with two attached hydrogens (primary N) is 1. The van der Waals surface area contributed by atoms with E-state index in [1.807, 2.05) is 0 Å². The van der Waals surface area contributed by atoms with Gasteiger partial charge in [-0.3, -0.25) is 4.79 Å². The van der Waals surface area contributed by atoms with Crippen LogP contribution in [0.3, 0.4) is 0 Å². The number of thiocarbonyl (C=S) groups is 1. The van der Waals surface area contributed by atoms with Crippen LogP contribution in [0.5, 0.6) is 0 Å².